The zero-order valence-corrected chi connectivity index (χ0v) is 8.58. The van der Waals surface area contributed by atoms with Crippen molar-refractivity contribution in [2.75, 3.05) is 0 Å². The molecule has 0 aromatic carbocycles. The first-order valence-electron chi connectivity index (χ1n) is 2.86. The van der Waals surface area contributed by atoms with E-state index in [4.69, 9.17) is 51.9 Å². The summed E-state index contributed by atoms with van der Waals surface area (Å²) in [6, 6.07) is 0. The second-order valence-electron chi connectivity index (χ2n) is 2.04. The summed E-state index contributed by atoms with van der Waals surface area (Å²) >= 11 is 22.7. The number of alkyl halides is 1. The predicted octanol–water partition coefficient (Wildman–Crippen LogP) is 3.09. The predicted molar refractivity (Wildman–Crippen MR) is 50.9 cm³/mol. The molecular weight excluding hydrogens is 242 g/mol. The molecule has 0 aromatic rings. The highest BCUT2D eigenvalue weighted by Crippen LogP contribution is 2.33. The Morgan fingerprint density at radius 1 is 1.33 bits per heavy atom. The van der Waals surface area contributed by atoms with Gasteiger partial charge in [0, 0.05) is 6.08 Å². The molecule has 2 nitrogen and oxygen atoms in total. The van der Waals surface area contributed by atoms with Crippen LogP contribution in [0.3, 0.4) is 0 Å². The summed E-state index contributed by atoms with van der Waals surface area (Å²) in [4.78, 5) is 2.91. The number of nitrogens with zero attached hydrogens (tertiary/aromatic N) is 2. The summed E-state index contributed by atoms with van der Waals surface area (Å²) in [6.07, 6.45) is 1.35. The van der Waals surface area contributed by atoms with Crippen LogP contribution in [0.2, 0.25) is 0 Å². The maximum Gasteiger partial charge on any atom is 0.316 e. The van der Waals surface area contributed by atoms with Crippen molar-refractivity contribution in [2.45, 2.75) is 5.38 Å². The van der Waals surface area contributed by atoms with Crippen LogP contribution in [0.25, 0.3) is 5.53 Å². The number of halogens is 4. The van der Waals surface area contributed by atoms with Crippen LogP contribution in [0.5, 0.6) is 0 Å². The lowest BCUT2D eigenvalue weighted by molar-refractivity contribution is -0.00521. The molecule has 1 unspecified atom stereocenters. The molecule has 0 spiro atoms. The Bertz CT molecular complexity index is 324. The summed E-state index contributed by atoms with van der Waals surface area (Å²) in [7, 11) is 0. The Balaban J connectivity index is 3.23. The van der Waals surface area contributed by atoms with E-state index in [0.717, 1.165) is 0 Å². The van der Waals surface area contributed by atoms with Crippen LogP contribution in [-0.2, 0) is 0 Å². The van der Waals surface area contributed by atoms with E-state index in [9.17, 15) is 0 Å². The van der Waals surface area contributed by atoms with Crippen molar-refractivity contribution in [2.24, 2.45) is 0 Å². The average molecular weight is 244 g/mol. The number of hydrogen-bond donors (Lipinski definition) is 0. The molecule has 0 bridgehead atoms. The Morgan fingerprint density at radius 2 is 1.92 bits per heavy atom. The lowest BCUT2D eigenvalue weighted by Gasteiger charge is -2.09. The minimum atomic E-state index is -0.730. The van der Waals surface area contributed by atoms with Crippen molar-refractivity contribution in [3.8, 4) is 0 Å². The van der Waals surface area contributed by atoms with E-state index < -0.39 is 5.38 Å². The van der Waals surface area contributed by atoms with Crippen molar-refractivity contribution in [3.63, 3.8) is 0 Å². The van der Waals surface area contributed by atoms with Gasteiger partial charge in [-0.1, -0.05) is 34.8 Å². The first-order chi connectivity index (χ1) is 5.57. The monoisotopic (exact) mass is 242 g/mol. The van der Waals surface area contributed by atoms with Gasteiger partial charge in [-0.15, -0.1) is 11.6 Å². The molecule has 0 N–H and O–H groups in total. The van der Waals surface area contributed by atoms with E-state index in [2.05, 4.69) is 4.79 Å². The normalized spacial score (nSPS) is 23.8. The van der Waals surface area contributed by atoms with Gasteiger partial charge in [0.15, 0.2) is 5.38 Å². The fraction of sp³-hybridized carbons (Fsp3) is 0.167. The van der Waals surface area contributed by atoms with Gasteiger partial charge in [0.25, 0.3) is 0 Å². The molecule has 0 heterocycles. The van der Waals surface area contributed by atoms with Crippen molar-refractivity contribution >= 4 is 52.1 Å². The summed E-state index contributed by atoms with van der Waals surface area (Å²) in [5, 5.41) is -0.164. The average Bonchev–Trinajstić information content (AvgIpc) is 2.08. The van der Waals surface area contributed by atoms with Crippen LogP contribution >= 0.6 is 46.4 Å². The lowest BCUT2D eigenvalue weighted by Crippen LogP contribution is -2.18. The summed E-state index contributed by atoms with van der Waals surface area (Å²) in [6.45, 7) is 0. The Kier molecular flexibility index (Phi) is 3.22. The van der Waals surface area contributed by atoms with Gasteiger partial charge < -0.3 is 5.53 Å². The Hall–Kier alpha value is 0.0200. The highest BCUT2D eigenvalue weighted by Gasteiger charge is 2.30. The minimum Gasteiger partial charge on any atom is -0.361 e. The Morgan fingerprint density at radius 3 is 2.42 bits per heavy atom. The van der Waals surface area contributed by atoms with Gasteiger partial charge in [-0.25, -0.2) is 0 Å². The molecule has 0 fully saturated rings. The first-order valence-corrected chi connectivity index (χ1v) is 4.43. The SMILES string of the molecule is [N-]=[N+]=C1C=C(Cl)C(Cl)=C(Cl)C1Cl. The fourth-order valence-electron chi connectivity index (χ4n) is 0.701. The molecule has 0 aromatic heterocycles. The van der Waals surface area contributed by atoms with Crippen LogP contribution in [0.1, 0.15) is 0 Å². The van der Waals surface area contributed by atoms with E-state index in [-0.39, 0.29) is 20.8 Å². The molecule has 0 saturated carbocycles. The quantitative estimate of drug-likeness (QED) is 0.356. The third kappa shape index (κ3) is 1.68. The van der Waals surface area contributed by atoms with Crippen LogP contribution in [0.15, 0.2) is 21.2 Å². The smallest absolute Gasteiger partial charge is 0.316 e. The lowest BCUT2D eigenvalue weighted by atomic mass is 10.1. The van der Waals surface area contributed by atoms with E-state index >= 15 is 0 Å². The third-order valence-corrected chi connectivity index (χ3v) is 3.15. The fourth-order valence-corrected chi connectivity index (χ4v) is 1.61. The minimum absolute atomic E-state index is 0.165. The van der Waals surface area contributed by atoms with Crippen molar-refractivity contribution < 1.29 is 4.79 Å². The zero-order valence-electron chi connectivity index (χ0n) is 5.56. The number of allylic oxidation sites excluding steroid dienone is 4. The molecule has 0 aliphatic heterocycles. The van der Waals surface area contributed by atoms with Crippen molar-refractivity contribution in [3.05, 3.63) is 26.7 Å². The van der Waals surface area contributed by atoms with Crippen LogP contribution in [-0.4, -0.2) is 15.9 Å². The molecule has 1 aliphatic carbocycles. The summed E-state index contributed by atoms with van der Waals surface area (Å²) in [5.41, 5.74) is 8.64. The van der Waals surface area contributed by atoms with Crippen molar-refractivity contribution in [1.29, 1.82) is 0 Å². The standard InChI is InChI=1S/C6H2Cl4N2/c7-2-1-3(12-11)5(9)6(10)4(2)8/h1,5H. The molecule has 12 heavy (non-hydrogen) atoms. The molecule has 1 atom stereocenters. The van der Waals surface area contributed by atoms with Crippen LogP contribution in [0.4, 0.5) is 0 Å². The highest BCUT2D eigenvalue weighted by atomic mass is 35.5. The summed E-state index contributed by atoms with van der Waals surface area (Å²) < 4.78 is 0. The number of rotatable bonds is 0. The summed E-state index contributed by atoms with van der Waals surface area (Å²) in [5.74, 6) is 0. The van der Waals surface area contributed by atoms with E-state index in [1.165, 1.54) is 6.08 Å². The molecule has 0 amide bonds. The molecule has 1 aliphatic rings. The first kappa shape index (κ1) is 10.1. The molecule has 0 radical (unpaired) electrons. The maximum atomic E-state index is 8.46. The largest absolute Gasteiger partial charge is 0.361 e. The molecule has 64 valence electrons. The molecule has 6 heteroatoms. The van der Waals surface area contributed by atoms with Gasteiger partial charge in [-0.05, 0) is 0 Å². The second-order valence-corrected chi connectivity index (χ2v) is 3.67. The van der Waals surface area contributed by atoms with Gasteiger partial charge in [-0.3, -0.25) is 0 Å². The molecular formula is C6H2Cl4N2. The maximum absolute atomic E-state index is 8.46. The molecule has 1 rings (SSSR count). The second kappa shape index (κ2) is 3.82. The van der Waals surface area contributed by atoms with Gasteiger partial charge in [0.1, 0.15) is 0 Å². The van der Waals surface area contributed by atoms with Gasteiger partial charge >= 0.3 is 5.71 Å². The third-order valence-electron chi connectivity index (χ3n) is 1.29. The van der Waals surface area contributed by atoms with Gasteiger partial charge in [-0.2, -0.15) is 4.79 Å². The zero-order chi connectivity index (χ0) is 9.30. The Labute approximate surface area is 89.0 Å². The van der Waals surface area contributed by atoms with E-state index in [1.54, 1.807) is 0 Å². The topological polar surface area (TPSA) is 36.4 Å². The highest BCUT2D eigenvalue weighted by molar-refractivity contribution is 6.54. The van der Waals surface area contributed by atoms with Crippen LogP contribution in [0, 0.1) is 0 Å². The van der Waals surface area contributed by atoms with E-state index in [1.807, 2.05) is 0 Å². The van der Waals surface area contributed by atoms with Gasteiger partial charge in [0.05, 0.1) is 15.1 Å². The van der Waals surface area contributed by atoms with Crippen molar-refractivity contribution in [1.82, 2.24) is 0 Å². The van der Waals surface area contributed by atoms with Crippen LogP contribution < -0.4 is 0 Å². The van der Waals surface area contributed by atoms with E-state index in [0.29, 0.717) is 0 Å². The molecule has 0 saturated heterocycles. The number of hydrogen-bond acceptors (Lipinski definition) is 0. The van der Waals surface area contributed by atoms with Gasteiger partial charge in [0.2, 0.25) is 0 Å².